The molecule has 0 atom stereocenters. The van der Waals surface area contributed by atoms with Crippen molar-refractivity contribution >= 4 is 17.5 Å². The van der Waals surface area contributed by atoms with Crippen LogP contribution >= 0.6 is 11.6 Å². The van der Waals surface area contributed by atoms with Crippen molar-refractivity contribution in [1.82, 2.24) is 29.7 Å². The van der Waals surface area contributed by atoms with Gasteiger partial charge < -0.3 is 4.90 Å². The Bertz CT molecular complexity index is 535. The average molecular weight is 310 g/mol. The third kappa shape index (κ3) is 4.35. The largest absolute Gasteiger partial charge is 0.341 e. The standard InChI is InChI=1S/C13H20ClN7/c1-3-5-7-20(8-6-4-2)12-17-11(14)18-13(19-12)21-10-15-9-16-21/h9-10H,3-8H2,1-2H3. The Morgan fingerprint density at radius 3 is 2.38 bits per heavy atom. The van der Waals surface area contributed by atoms with Crippen LogP contribution in [0, 0.1) is 0 Å². The van der Waals surface area contributed by atoms with Crippen LogP contribution in [0.25, 0.3) is 5.95 Å². The van der Waals surface area contributed by atoms with E-state index in [2.05, 4.69) is 43.8 Å². The van der Waals surface area contributed by atoms with E-state index in [0.29, 0.717) is 11.9 Å². The number of anilines is 1. The molecular formula is C13H20ClN7. The van der Waals surface area contributed by atoms with Crippen LogP contribution in [0.2, 0.25) is 5.28 Å². The first kappa shape index (κ1) is 15.6. The van der Waals surface area contributed by atoms with Gasteiger partial charge in [0.05, 0.1) is 0 Å². The number of hydrogen-bond donors (Lipinski definition) is 0. The maximum atomic E-state index is 6.03. The van der Waals surface area contributed by atoms with Crippen molar-refractivity contribution in [3.63, 3.8) is 0 Å². The van der Waals surface area contributed by atoms with Gasteiger partial charge in [-0.25, -0.2) is 4.98 Å². The van der Waals surface area contributed by atoms with Crippen LogP contribution in [0.1, 0.15) is 39.5 Å². The first-order chi connectivity index (χ1) is 10.2. The fourth-order valence-corrected chi connectivity index (χ4v) is 2.05. The first-order valence-electron chi connectivity index (χ1n) is 7.26. The van der Waals surface area contributed by atoms with Gasteiger partial charge in [0.2, 0.25) is 11.2 Å². The zero-order valence-corrected chi connectivity index (χ0v) is 13.2. The van der Waals surface area contributed by atoms with Crippen LogP contribution in [-0.4, -0.2) is 42.8 Å². The normalized spacial score (nSPS) is 10.8. The molecule has 0 unspecified atom stereocenters. The zero-order valence-electron chi connectivity index (χ0n) is 12.4. The molecule has 21 heavy (non-hydrogen) atoms. The van der Waals surface area contributed by atoms with Crippen molar-refractivity contribution in [2.75, 3.05) is 18.0 Å². The summed E-state index contributed by atoms with van der Waals surface area (Å²) >= 11 is 6.03. The molecular weight excluding hydrogens is 290 g/mol. The highest BCUT2D eigenvalue weighted by molar-refractivity contribution is 6.28. The number of halogens is 1. The quantitative estimate of drug-likeness (QED) is 0.746. The summed E-state index contributed by atoms with van der Waals surface area (Å²) in [7, 11) is 0. The second-order valence-corrected chi connectivity index (χ2v) is 5.08. The molecule has 2 heterocycles. The molecule has 0 fully saturated rings. The predicted octanol–water partition coefficient (Wildman–Crippen LogP) is 2.51. The fourth-order valence-electron chi connectivity index (χ4n) is 1.89. The van der Waals surface area contributed by atoms with Gasteiger partial charge in [-0.3, -0.25) is 0 Å². The minimum atomic E-state index is 0.170. The molecule has 0 amide bonds. The fraction of sp³-hybridized carbons (Fsp3) is 0.615. The van der Waals surface area contributed by atoms with Crippen LogP contribution in [0.4, 0.5) is 5.95 Å². The van der Waals surface area contributed by atoms with Crippen molar-refractivity contribution in [2.45, 2.75) is 39.5 Å². The Balaban J connectivity index is 2.26. The van der Waals surface area contributed by atoms with Crippen molar-refractivity contribution in [3.8, 4) is 5.95 Å². The van der Waals surface area contributed by atoms with Crippen molar-refractivity contribution in [3.05, 3.63) is 17.9 Å². The van der Waals surface area contributed by atoms with Gasteiger partial charge in [0.1, 0.15) is 12.7 Å². The summed E-state index contributed by atoms with van der Waals surface area (Å²) in [5, 5.41) is 4.20. The molecule has 7 nitrogen and oxygen atoms in total. The number of nitrogens with zero attached hydrogens (tertiary/aromatic N) is 7. The van der Waals surface area contributed by atoms with Crippen molar-refractivity contribution < 1.29 is 0 Å². The highest BCUT2D eigenvalue weighted by atomic mass is 35.5. The lowest BCUT2D eigenvalue weighted by Crippen LogP contribution is -2.28. The molecule has 2 aromatic rings. The lowest BCUT2D eigenvalue weighted by molar-refractivity contribution is 0.656. The molecule has 0 aliphatic heterocycles. The lowest BCUT2D eigenvalue weighted by Gasteiger charge is -2.22. The minimum Gasteiger partial charge on any atom is -0.341 e. The summed E-state index contributed by atoms with van der Waals surface area (Å²) in [6, 6.07) is 0. The van der Waals surface area contributed by atoms with Gasteiger partial charge in [-0.05, 0) is 24.4 Å². The van der Waals surface area contributed by atoms with E-state index in [1.165, 1.54) is 17.3 Å². The van der Waals surface area contributed by atoms with Crippen LogP contribution in [-0.2, 0) is 0 Å². The molecule has 0 radical (unpaired) electrons. The summed E-state index contributed by atoms with van der Waals surface area (Å²) in [6.07, 6.45) is 7.40. The van der Waals surface area contributed by atoms with E-state index < -0.39 is 0 Å². The molecule has 0 aliphatic rings. The van der Waals surface area contributed by atoms with Gasteiger partial charge in [0, 0.05) is 13.1 Å². The molecule has 2 rings (SSSR count). The molecule has 0 aliphatic carbocycles. The molecule has 0 N–H and O–H groups in total. The smallest absolute Gasteiger partial charge is 0.258 e. The van der Waals surface area contributed by atoms with Crippen LogP contribution < -0.4 is 4.90 Å². The molecule has 0 aromatic carbocycles. The van der Waals surface area contributed by atoms with Crippen molar-refractivity contribution in [2.24, 2.45) is 0 Å². The highest BCUT2D eigenvalue weighted by Gasteiger charge is 2.13. The molecule has 0 saturated carbocycles. The summed E-state index contributed by atoms with van der Waals surface area (Å²) in [5.41, 5.74) is 0. The second-order valence-electron chi connectivity index (χ2n) is 4.74. The maximum Gasteiger partial charge on any atom is 0.258 e. The Morgan fingerprint density at radius 1 is 1.10 bits per heavy atom. The van der Waals surface area contributed by atoms with E-state index in [9.17, 15) is 0 Å². The van der Waals surface area contributed by atoms with Gasteiger partial charge in [-0.15, -0.1) is 0 Å². The van der Waals surface area contributed by atoms with E-state index in [1.807, 2.05) is 0 Å². The minimum absolute atomic E-state index is 0.170. The lowest BCUT2D eigenvalue weighted by atomic mass is 10.3. The summed E-state index contributed by atoms with van der Waals surface area (Å²) in [5.74, 6) is 0.989. The van der Waals surface area contributed by atoms with Gasteiger partial charge >= 0.3 is 0 Å². The average Bonchev–Trinajstić information content (AvgIpc) is 3.01. The number of rotatable bonds is 8. The highest BCUT2D eigenvalue weighted by Crippen LogP contribution is 2.14. The monoisotopic (exact) mass is 309 g/mol. The van der Waals surface area contributed by atoms with E-state index >= 15 is 0 Å². The topological polar surface area (TPSA) is 72.6 Å². The molecule has 2 aromatic heterocycles. The molecule has 0 bridgehead atoms. The molecule has 0 saturated heterocycles. The number of aromatic nitrogens is 6. The number of hydrogen-bond acceptors (Lipinski definition) is 6. The van der Waals surface area contributed by atoms with Crippen LogP contribution in [0.5, 0.6) is 0 Å². The Labute approximate surface area is 129 Å². The van der Waals surface area contributed by atoms with E-state index in [-0.39, 0.29) is 5.28 Å². The van der Waals surface area contributed by atoms with Gasteiger partial charge in [0.25, 0.3) is 5.95 Å². The predicted molar refractivity (Wildman–Crippen MR) is 81.8 cm³/mol. The first-order valence-corrected chi connectivity index (χ1v) is 7.64. The molecule has 114 valence electrons. The Kier molecular flexibility index (Phi) is 5.86. The second kappa shape index (κ2) is 7.87. The Hall–Kier alpha value is -1.76. The third-order valence-electron chi connectivity index (χ3n) is 3.05. The third-order valence-corrected chi connectivity index (χ3v) is 3.22. The van der Waals surface area contributed by atoms with Gasteiger partial charge in [-0.2, -0.15) is 24.7 Å². The van der Waals surface area contributed by atoms with E-state index in [1.54, 1.807) is 0 Å². The van der Waals surface area contributed by atoms with Gasteiger partial charge in [0.15, 0.2) is 0 Å². The van der Waals surface area contributed by atoms with Crippen LogP contribution in [0.15, 0.2) is 12.7 Å². The molecule has 8 heteroatoms. The van der Waals surface area contributed by atoms with Crippen LogP contribution in [0.3, 0.4) is 0 Å². The maximum absolute atomic E-state index is 6.03. The molecule has 0 spiro atoms. The summed E-state index contributed by atoms with van der Waals surface area (Å²) < 4.78 is 1.48. The summed E-state index contributed by atoms with van der Waals surface area (Å²) in [4.78, 5) is 18.9. The van der Waals surface area contributed by atoms with E-state index in [0.717, 1.165) is 38.8 Å². The Morgan fingerprint density at radius 2 is 1.81 bits per heavy atom. The zero-order chi connectivity index (χ0) is 15.1. The summed E-state index contributed by atoms with van der Waals surface area (Å²) in [6.45, 7) is 6.15. The van der Waals surface area contributed by atoms with E-state index in [4.69, 9.17) is 11.6 Å². The number of unbranched alkanes of at least 4 members (excludes halogenated alkanes) is 2. The van der Waals surface area contributed by atoms with Crippen molar-refractivity contribution in [1.29, 1.82) is 0 Å². The van der Waals surface area contributed by atoms with Gasteiger partial charge in [-0.1, -0.05) is 26.7 Å². The SMILES string of the molecule is CCCCN(CCCC)c1nc(Cl)nc(-n2cncn2)n1.